The normalized spacial score (nSPS) is 11.2. The number of likely N-dealkylation sites (N-methyl/N-ethyl adjacent to an activating group) is 1. The number of hydrogen-bond donors (Lipinski definition) is 2. The van der Waals surface area contributed by atoms with Crippen LogP contribution >= 0.6 is 0 Å². The van der Waals surface area contributed by atoms with Gasteiger partial charge in [0.25, 0.3) is 0 Å². The number of benzene rings is 1. The van der Waals surface area contributed by atoms with Crippen LogP contribution in [0.4, 0.5) is 21.7 Å². The molecular weight excluding hydrogens is 419 g/mol. The van der Waals surface area contributed by atoms with Gasteiger partial charge in [-0.2, -0.15) is 5.10 Å². The van der Waals surface area contributed by atoms with Crippen molar-refractivity contribution in [3.05, 3.63) is 66.0 Å². The Morgan fingerprint density at radius 3 is 2.42 bits per heavy atom. The van der Waals surface area contributed by atoms with E-state index in [1.54, 1.807) is 24.5 Å². The highest BCUT2D eigenvalue weighted by atomic mass is 19.1. The third-order valence-corrected chi connectivity index (χ3v) is 5.22. The summed E-state index contributed by atoms with van der Waals surface area (Å²) in [6, 6.07) is 6.19. The van der Waals surface area contributed by atoms with E-state index in [0.29, 0.717) is 30.4 Å². The van der Waals surface area contributed by atoms with E-state index in [9.17, 15) is 4.39 Å². The quantitative estimate of drug-likeness (QED) is 0.454. The predicted octanol–water partition coefficient (Wildman–Crippen LogP) is 4.02. The van der Waals surface area contributed by atoms with Gasteiger partial charge in [0.15, 0.2) is 5.82 Å². The van der Waals surface area contributed by atoms with Crippen LogP contribution in [0.1, 0.15) is 30.8 Å². The second-order valence-corrected chi connectivity index (χ2v) is 8.53. The van der Waals surface area contributed by atoms with Crippen LogP contribution in [0.5, 0.6) is 0 Å². The number of aliphatic imine (C=N–C) groups is 1. The lowest BCUT2D eigenvalue weighted by Gasteiger charge is -2.27. The fraction of sp³-hybridized carbons (Fsp3) is 0.333. The molecule has 0 radical (unpaired) electrons. The second kappa shape index (κ2) is 9.81. The number of rotatable bonds is 10. The summed E-state index contributed by atoms with van der Waals surface area (Å²) in [5.41, 5.74) is 2.75. The first kappa shape index (κ1) is 23.9. The van der Waals surface area contributed by atoms with Gasteiger partial charge < -0.3 is 15.5 Å². The maximum atomic E-state index is 13.5. The summed E-state index contributed by atoms with van der Waals surface area (Å²) in [5.74, 6) is 1.84. The molecule has 0 spiro atoms. The molecule has 0 amide bonds. The molecule has 2 heterocycles. The third-order valence-electron chi connectivity index (χ3n) is 5.22. The van der Waals surface area contributed by atoms with Gasteiger partial charge in [0.1, 0.15) is 17.5 Å². The summed E-state index contributed by atoms with van der Waals surface area (Å²) >= 11 is 0. The molecule has 33 heavy (non-hydrogen) atoms. The van der Waals surface area contributed by atoms with E-state index in [2.05, 4.69) is 38.9 Å². The number of nitrogens with one attached hydrogen (secondary N) is 2. The van der Waals surface area contributed by atoms with Crippen molar-refractivity contribution >= 4 is 29.7 Å². The Hall–Kier alpha value is -3.75. The molecule has 2 aromatic heterocycles. The minimum absolute atomic E-state index is 0.301. The highest BCUT2D eigenvalue weighted by molar-refractivity contribution is 5.83. The average Bonchev–Trinajstić information content (AvgIpc) is 3.14. The number of halogens is 1. The van der Waals surface area contributed by atoms with E-state index < -0.39 is 0 Å². The van der Waals surface area contributed by atoms with Gasteiger partial charge in [-0.1, -0.05) is 6.58 Å². The molecule has 0 aliphatic carbocycles. The van der Waals surface area contributed by atoms with Gasteiger partial charge in [0.05, 0.1) is 17.6 Å². The van der Waals surface area contributed by atoms with Crippen LogP contribution in [0.15, 0.2) is 48.2 Å². The summed E-state index contributed by atoms with van der Waals surface area (Å²) < 4.78 is 15.3. The lowest BCUT2D eigenvalue weighted by Crippen LogP contribution is -2.35. The van der Waals surface area contributed by atoms with Gasteiger partial charge in [-0.15, -0.1) is 0 Å². The van der Waals surface area contributed by atoms with Gasteiger partial charge in [-0.25, -0.2) is 19.0 Å². The minimum atomic E-state index is -0.369. The molecule has 0 saturated heterocycles. The van der Waals surface area contributed by atoms with Gasteiger partial charge in [0.2, 0.25) is 0 Å². The minimum Gasteiger partial charge on any atom is -0.388 e. The topological polar surface area (TPSA) is 83.3 Å². The first-order chi connectivity index (χ1) is 15.6. The average molecular weight is 451 g/mol. The van der Waals surface area contributed by atoms with E-state index in [-0.39, 0.29) is 11.4 Å². The van der Waals surface area contributed by atoms with Crippen LogP contribution < -0.4 is 15.5 Å². The summed E-state index contributed by atoms with van der Waals surface area (Å²) in [6.07, 6.45) is 3.57. The van der Waals surface area contributed by atoms with Crippen molar-refractivity contribution in [3.63, 3.8) is 0 Å². The van der Waals surface area contributed by atoms with E-state index in [1.807, 2.05) is 44.4 Å². The van der Waals surface area contributed by atoms with Crippen LogP contribution in [-0.2, 0) is 6.54 Å². The Morgan fingerprint density at radius 1 is 1.21 bits per heavy atom. The molecule has 2 N–H and O–H groups in total. The molecule has 3 aromatic rings. The molecule has 0 fully saturated rings. The Morgan fingerprint density at radius 2 is 1.85 bits per heavy atom. The summed E-state index contributed by atoms with van der Waals surface area (Å²) in [4.78, 5) is 14.9. The smallest absolute Gasteiger partial charge is 0.162 e. The molecular formula is C24H31FN8. The molecule has 0 atom stereocenters. The number of aryl methyl sites for hydroxylation is 1. The van der Waals surface area contributed by atoms with Crippen molar-refractivity contribution in [1.82, 2.24) is 25.1 Å². The van der Waals surface area contributed by atoms with Crippen LogP contribution in [0.25, 0.3) is 5.70 Å². The number of nitrogens with zero attached hydrogens (tertiary/aromatic N) is 6. The zero-order valence-corrected chi connectivity index (χ0v) is 19.9. The summed E-state index contributed by atoms with van der Waals surface area (Å²) in [5, 5.41) is 11.5. The van der Waals surface area contributed by atoms with Gasteiger partial charge in [-0.05, 0) is 51.8 Å². The standard InChI is InChI=1S/C24H31FN8/c1-16(26-5)21-22(30-20-10-8-19(25)9-11-20)33(14-18-12-28-17(2)29-13-18)31-23(21)32(7)15-24(3,4)27-6/h8-13,26,30H,1,6,14-15H2,2-5,7H3. The van der Waals surface area contributed by atoms with Crippen molar-refractivity contribution < 1.29 is 4.39 Å². The summed E-state index contributed by atoms with van der Waals surface area (Å²) in [7, 11) is 3.77. The number of anilines is 3. The monoisotopic (exact) mass is 450 g/mol. The van der Waals surface area contributed by atoms with Gasteiger partial charge in [0, 0.05) is 50.0 Å². The fourth-order valence-electron chi connectivity index (χ4n) is 3.41. The molecule has 0 unspecified atom stereocenters. The molecule has 9 heteroatoms. The maximum absolute atomic E-state index is 13.5. The SMILES string of the molecule is C=NC(C)(C)CN(C)c1nn(Cc2cnc(C)nc2)c(Nc2ccc(F)cc2)c1C(=C)NC. The Labute approximate surface area is 194 Å². The molecule has 8 nitrogen and oxygen atoms in total. The highest BCUT2D eigenvalue weighted by Gasteiger charge is 2.26. The van der Waals surface area contributed by atoms with Crippen molar-refractivity contribution in [2.24, 2.45) is 4.99 Å². The Kier molecular flexibility index (Phi) is 7.10. The second-order valence-electron chi connectivity index (χ2n) is 8.53. The van der Waals surface area contributed by atoms with Crippen LogP contribution in [0.3, 0.4) is 0 Å². The lowest BCUT2D eigenvalue weighted by atomic mass is 10.1. The largest absolute Gasteiger partial charge is 0.388 e. The molecule has 0 aliphatic heterocycles. The third kappa shape index (κ3) is 5.74. The number of hydrogen-bond acceptors (Lipinski definition) is 7. The van der Waals surface area contributed by atoms with Crippen LogP contribution in [0, 0.1) is 12.7 Å². The maximum Gasteiger partial charge on any atom is 0.162 e. The van der Waals surface area contributed by atoms with Crippen molar-refractivity contribution in [3.8, 4) is 0 Å². The molecule has 0 saturated carbocycles. The summed E-state index contributed by atoms with van der Waals surface area (Å²) in [6.45, 7) is 14.8. The first-order valence-corrected chi connectivity index (χ1v) is 10.6. The van der Waals surface area contributed by atoms with Crippen molar-refractivity contribution in [2.45, 2.75) is 32.9 Å². The van der Waals surface area contributed by atoms with E-state index >= 15 is 0 Å². The molecule has 174 valence electrons. The zero-order chi connectivity index (χ0) is 24.2. The Bertz CT molecular complexity index is 1120. The molecule has 3 rings (SSSR count). The van der Waals surface area contributed by atoms with Gasteiger partial charge >= 0.3 is 0 Å². The molecule has 0 bridgehead atoms. The first-order valence-electron chi connectivity index (χ1n) is 10.6. The van der Waals surface area contributed by atoms with Crippen LogP contribution in [-0.4, -0.2) is 52.6 Å². The predicted molar refractivity (Wildman–Crippen MR) is 133 cm³/mol. The van der Waals surface area contributed by atoms with Crippen molar-refractivity contribution in [1.29, 1.82) is 0 Å². The highest BCUT2D eigenvalue weighted by Crippen LogP contribution is 2.34. The molecule has 1 aromatic carbocycles. The van der Waals surface area contributed by atoms with E-state index in [1.165, 1.54) is 12.1 Å². The number of aromatic nitrogens is 4. The van der Waals surface area contributed by atoms with E-state index in [4.69, 9.17) is 5.10 Å². The van der Waals surface area contributed by atoms with E-state index in [0.717, 1.165) is 22.6 Å². The van der Waals surface area contributed by atoms with Crippen molar-refractivity contribution in [2.75, 3.05) is 30.9 Å². The lowest BCUT2D eigenvalue weighted by molar-refractivity contribution is 0.522. The Balaban J connectivity index is 2.12. The zero-order valence-electron chi connectivity index (χ0n) is 19.9. The van der Waals surface area contributed by atoms with Gasteiger partial charge in [-0.3, -0.25) is 4.99 Å². The molecule has 0 aliphatic rings. The van der Waals surface area contributed by atoms with Crippen LogP contribution in [0.2, 0.25) is 0 Å². The fourth-order valence-corrected chi connectivity index (χ4v) is 3.41.